The van der Waals surface area contributed by atoms with Crippen molar-refractivity contribution < 1.29 is 68.2 Å². The van der Waals surface area contributed by atoms with Gasteiger partial charge in [0.15, 0.2) is 0 Å². The van der Waals surface area contributed by atoms with Crippen molar-refractivity contribution in [2.75, 3.05) is 0 Å². The molecule has 0 saturated heterocycles. The van der Waals surface area contributed by atoms with Gasteiger partial charge in [0, 0.05) is 11.9 Å². The van der Waals surface area contributed by atoms with Gasteiger partial charge in [-0.1, -0.05) is 96.8 Å². The summed E-state index contributed by atoms with van der Waals surface area (Å²) < 4.78 is 0. The van der Waals surface area contributed by atoms with Gasteiger partial charge in [0.25, 0.3) is 0 Å². The van der Waals surface area contributed by atoms with Crippen LogP contribution in [0, 0.1) is 0 Å². The molecule has 0 saturated carbocycles. The van der Waals surface area contributed by atoms with Crippen LogP contribution in [0.4, 0.5) is 0 Å². The summed E-state index contributed by atoms with van der Waals surface area (Å²) in [6, 6.07) is 0. The number of carbonyl (C=O) groups excluding carboxylic acids is 2. The normalized spacial score (nSPS) is 9.31. The van der Waals surface area contributed by atoms with Crippen LogP contribution in [-0.4, -0.2) is 11.9 Å². The Kier molecular flexibility index (Phi) is 39.7. The summed E-state index contributed by atoms with van der Waals surface area (Å²) in [5, 5.41) is 19.1. The van der Waals surface area contributed by atoms with E-state index < -0.39 is 11.9 Å². The minimum Gasteiger partial charge on any atom is -0.550 e. The summed E-state index contributed by atoms with van der Waals surface area (Å²) in [6.07, 6.45) is 19.9. The second-order valence-electron chi connectivity index (χ2n) is 6.56. The number of carboxylic acids is 2. The Balaban J connectivity index is -0.000000363. The van der Waals surface area contributed by atoms with Gasteiger partial charge in [-0.05, 0) is 19.8 Å². The van der Waals surface area contributed by atoms with E-state index >= 15 is 0 Å². The zero-order valence-corrected chi connectivity index (χ0v) is 19.9. The first-order valence-corrected chi connectivity index (χ1v) is 9.88. The first kappa shape index (κ1) is 34.1. The Labute approximate surface area is 195 Å². The van der Waals surface area contributed by atoms with E-state index in [4.69, 9.17) is 9.90 Å². The monoisotopic (exact) mass is 372 g/mol. The molecule has 0 aliphatic rings. The molecule has 0 bridgehead atoms. The molecule has 0 amide bonds. The fraction of sp³-hybridized carbons (Fsp3) is 0.900. The van der Waals surface area contributed by atoms with E-state index in [0.29, 0.717) is 0 Å². The van der Waals surface area contributed by atoms with Gasteiger partial charge in [-0.2, -0.15) is 0 Å². The molecular formula is C20H38LiNaO4. The van der Waals surface area contributed by atoms with E-state index in [0.717, 1.165) is 19.8 Å². The van der Waals surface area contributed by atoms with Gasteiger partial charge in [-0.15, -0.1) is 0 Å². The molecule has 0 aliphatic heterocycles. The third-order valence-electron chi connectivity index (χ3n) is 3.98. The predicted molar refractivity (Wildman–Crippen MR) is 95.2 cm³/mol. The average Bonchev–Trinajstić information content (AvgIpc) is 2.50. The molecule has 0 rings (SSSR count). The predicted octanol–water partition coefficient (Wildman–Crippen LogP) is -2.24. The van der Waals surface area contributed by atoms with Crippen molar-refractivity contribution in [1.29, 1.82) is 0 Å². The van der Waals surface area contributed by atoms with Crippen molar-refractivity contribution in [1.82, 2.24) is 0 Å². The fourth-order valence-corrected chi connectivity index (χ4v) is 2.64. The Bertz CT molecular complexity index is 285. The third kappa shape index (κ3) is 44.2. The maximum Gasteiger partial charge on any atom is 1.00 e. The van der Waals surface area contributed by atoms with Crippen molar-refractivity contribution in [2.45, 2.75) is 117 Å². The summed E-state index contributed by atoms with van der Waals surface area (Å²) in [5.41, 5.74) is 0. The minimum absolute atomic E-state index is 0. The van der Waals surface area contributed by atoms with Crippen molar-refractivity contribution >= 4 is 11.9 Å². The molecule has 4 nitrogen and oxygen atoms in total. The van der Waals surface area contributed by atoms with Crippen LogP contribution in [0.15, 0.2) is 0 Å². The Morgan fingerprint density at radius 3 is 1.08 bits per heavy atom. The number of carboxylic acid groups (broad SMARTS) is 2. The Hall–Kier alpha value is 0.537. The molecule has 0 spiro atoms. The number of rotatable bonds is 16. The molecule has 0 unspecified atom stereocenters. The van der Waals surface area contributed by atoms with Crippen LogP contribution < -0.4 is 58.6 Å². The summed E-state index contributed by atoms with van der Waals surface area (Å²) >= 11 is 0. The molecule has 0 atom stereocenters. The number of aliphatic carboxylic acids is 2. The molecule has 0 aliphatic carbocycles. The summed E-state index contributed by atoms with van der Waals surface area (Å²) in [4.78, 5) is 19.1. The third-order valence-corrected chi connectivity index (χ3v) is 3.98. The van der Waals surface area contributed by atoms with Crippen LogP contribution in [0.2, 0.25) is 0 Å². The quantitative estimate of drug-likeness (QED) is 0.227. The van der Waals surface area contributed by atoms with Crippen LogP contribution in [0.5, 0.6) is 0 Å². The Morgan fingerprint density at radius 1 is 0.615 bits per heavy atom. The molecule has 0 radical (unpaired) electrons. The average molecular weight is 372 g/mol. The van der Waals surface area contributed by atoms with Crippen molar-refractivity contribution in [3.05, 3.63) is 0 Å². The maximum absolute atomic E-state index is 10.2. The Morgan fingerprint density at radius 2 is 0.846 bits per heavy atom. The zero-order valence-electron chi connectivity index (χ0n) is 17.9. The van der Waals surface area contributed by atoms with E-state index in [-0.39, 0.29) is 54.8 Å². The largest absolute Gasteiger partial charge is 1.00 e. The molecule has 0 aromatic carbocycles. The van der Waals surface area contributed by atoms with Crippen molar-refractivity contribution in [3.8, 4) is 0 Å². The van der Waals surface area contributed by atoms with Crippen LogP contribution >= 0.6 is 0 Å². The number of carbonyl (C=O) groups is 2. The first-order valence-electron chi connectivity index (χ1n) is 9.88. The van der Waals surface area contributed by atoms with Crippen LogP contribution in [0.25, 0.3) is 0 Å². The topological polar surface area (TPSA) is 80.3 Å². The van der Waals surface area contributed by atoms with E-state index in [1.54, 1.807) is 0 Å². The van der Waals surface area contributed by atoms with Gasteiger partial charge in [0.05, 0.1) is 0 Å². The number of hydrogen-bond donors (Lipinski definition) is 0. The SMILES string of the molecule is CC(=O)[O-].CCCCCCCCCCCCCCCCCC(=O)[O-].[Li+].[Na+]. The van der Waals surface area contributed by atoms with Gasteiger partial charge >= 0.3 is 48.4 Å². The van der Waals surface area contributed by atoms with E-state index in [2.05, 4.69) is 6.92 Å². The molecule has 0 aromatic rings. The smallest absolute Gasteiger partial charge is 0.550 e. The van der Waals surface area contributed by atoms with Crippen molar-refractivity contribution in [3.63, 3.8) is 0 Å². The second-order valence-corrected chi connectivity index (χ2v) is 6.56. The molecule has 0 aromatic heterocycles. The van der Waals surface area contributed by atoms with Crippen LogP contribution in [0.3, 0.4) is 0 Å². The minimum atomic E-state index is -1.08. The van der Waals surface area contributed by atoms with Gasteiger partial charge < -0.3 is 19.8 Å². The molecule has 0 N–H and O–H groups in total. The van der Waals surface area contributed by atoms with Crippen LogP contribution in [-0.2, 0) is 9.59 Å². The van der Waals surface area contributed by atoms with Gasteiger partial charge in [-0.3, -0.25) is 0 Å². The molecule has 0 fully saturated rings. The summed E-state index contributed by atoms with van der Waals surface area (Å²) in [7, 11) is 0. The second kappa shape index (κ2) is 30.3. The number of hydrogen-bond acceptors (Lipinski definition) is 4. The summed E-state index contributed by atoms with van der Waals surface area (Å²) in [6.45, 7) is 3.24. The molecule has 144 valence electrons. The van der Waals surface area contributed by atoms with Crippen LogP contribution in [0.1, 0.15) is 117 Å². The number of unbranched alkanes of at least 4 members (excludes halogenated alkanes) is 14. The molecule has 26 heavy (non-hydrogen) atoms. The maximum atomic E-state index is 10.2. The van der Waals surface area contributed by atoms with Gasteiger partial charge in [0.1, 0.15) is 0 Å². The van der Waals surface area contributed by atoms with Gasteiger partial charge in [0.2, 0.25) is 0 Å². The van der Waals surface area contributed by atoms with E-state index in [9.17, 15) is 9.90 Å². The fourth-order valence-electron chi connectivity index (χ4n) is 2.64. The molecule has 0 heterocycles. The van der Waals surface area contributed by atoms with Gasteiger partial charge in [-0.25, -0.2) is 0 Å². The first-order chi connectivity index (χ1) is 11.5. The van der Waals surface area contributed by atoms with E-state index in [1.807, 2.05) is 0 Å². The standard InChI is InChI=1S/C18H36O2.C2H4O2.Li.Na/c1-2-3-4-5-6-7-8-9-10-11-12-13-14-15-16-17-18(19)20;1-2(3)4;;/h2-17H2,1H3,(H,19,20);1H3,(H,3,4);;/q;;2*+1/p-2. The molecular weight excluding hydrogens is 334 g/mol. The molecule has 6 heteroatoms. The van der Waals surface area contributed by atoms with E-state index in [1.165, 1.54) is 83.5 Å². The zero-order chi connectivity index (χ0) is 18.5. The van der Waals surface area contributed by atoms with Crippen molar-refractivity contribution in [2.24, 2.45) is 0 Å². The summed E-state index contributed by atoms with van der Waals surface area (Å²) in [5.74, 6) is -1.99.